The van der Waals surface area contributed by atoms with Crippen LogP contribution in [0.1, 0.15) is 26.3 Å². The summed E-state index contributed by atoms with van der Waals surface area (Å²) in [6, 6.07) is 15.5. The zero-order chi connectivity index (χ0) is 19.9. The first kappa shape index (κ1) is 19.9. The molecule has 1 heterocycles. The van der Waals surface area contributed by atoms with Crippen LogP contribution in [-0.2, 0) is 11.2 Å². The molecule has 0 aliphatic carbocycles. The average Bonchev–Trinajstić information content (AvgIpc) is 3.15. The molecule has 5 nitrogen and oxygen atoms in total. The molecule has 0 saturated heterocycles. The van der Waals surface area contributed by atoms with Gasteiger partial charge in [-0.1, -0.05) is 19.1 Å². The van der Waals surface area contributed by atoms with E-state index in [1.165, 1.54) is 16.9 Å². The van der Waals surface area contributed by atoms with E-state index in [9.17, 15) is 4.79 Å². The molecule has 0 fully saturated rings. The Morgan fingerprint density at radius 1 is 1.14 bits per heavy atom. The molecule has 1 N–H and O–H groups in total. The van der Waals surface area contributed by atoms with Crippen molar-refractivity contribution in [3.63, 3.8) is 0 Å². The van der Waals surface area contributed by atoms with Gasteiger partial charge in [-0.2, -0.15) is 0 Å². The van der Waals surface area contributed by atoms with Crippen molar-refractivity contribution in [1.29, 1.82) is 0 Å². The summed E-state index contributed by atoms with van der Waals surface area (Å²) in [6.45, 7) is 6.02. The number of amides is 1. The van der Waals surface area contributed by atoms with Crippen LogP contribution in [-0.4, -0.2) is 23.6 Å². The first-order valence-electron chi connectivity index (χ1n) is 9.27. The van der Waals surface area contributed by atoms with Crippen LogP contribution in [0.3, 0.4) is 0 Å². The summed E-state index contributed by atoms with van der Waals surface area (Å²) in [7, 11) is 0. The normalized spacial score (nSPS) is 10.7. The molecule has 146 valence electrons. The number of carbonyl (C=O) groups is 1. The van der Waals surface area contributed by atoms with Crippen LogP contribution in [0.4, 0.5) is 5.13 Å². The third-order valence-electron chi connectivity index (χ3n) is 3.95. The molecule has 0 radical (unpaired) electrons. The fourth-order valence-corrected chi connectivity index (χ4v) is 3.34. The van der Waals surface area contributed by atoms with E-state index in [0.29, 0.717) is 10.9 Å². The Kier molecular flexibility index (Phi) is 6.66. The number of rotatable bonds is 8. The SMILES string of the molecule is CCc1cccc(OCC(=O)Nc2nc(-c3ccc(OC(C)C)cc3)cs2)c1. The summed E-state index contributed by atoms with van der Waals surface area (Å²) >= 11 is 1.39. The van der Waals surface area contributed by atoms with Gasteiger partial charge in [-0.15, -0.1) is 11.3 Å². The van der Waals surface area contributed by atoms with Gasteiger partial charge in [0.2, 0.25) is 0 Å². The molecule has 0 saturated carbocycles. The van der Waals surface area contributed by atoms with Crippen molar-refractivity contribution in [2.45, 2.75) is 33.3 Å². The van der Waals surface area contributed by atoms with Gasteiger partial charge in [0.15, 0.2) is 11.7 Å². The fourth-order valence-electron chi connectivity index (χ4n) is 2.60. The van der Waals surface area contributed by atoms with Crippen molar-refractivity contribution < 1.29 is 14.3 Å². The monoisotopic (exact) mass is 396 g/mol. The average molecular weight is 397 g/mol. The number of aromatic nitrogens is 1. The van der Waals surface area contributed by atoms with Crippen LogP contribution in [0.5, 0.6) is 11.5 Å². The van der Waals surface area contributed by atoms with Gasteiger partial charge in [0.05, 0.1) is 11.8 Å². The highest BCUT2D eigenvalue weighted by Crippen LogP contribution is 2.26. The third kappa shape index (κ3) is 5.57. The van der Waals surface area contributed by atoms with Gasteiger partial charge < -0.3 is 9.47 Å². The molecule has 2 aromatic carbocycles. The van der Waals surface area contributed by atoms with E-state index in [1.807, 2.05) is 67.8 Å². The minimum atomic E-state index is -0.233. The van der Waals surface area contributed by atoms with Crippen LogP contribution >= 0.6 is 11.3 Å². The zero-order valence-electron chi connectivity index (χ0n) is 16.3. The summed E-state index contributed by atoms with van der Waals surface area (Å²) in [5.74, 6) is 1.29. The standard InChI is InChI=1S/C22H24N2O3S/c1-4-16-6-5-7-19(12-16)26-13-21(25)24-22-23-20(14-28-22)17-8-10-18(11-9-17)27-15(2)3/h5-12,14-15H,4,13H2,1-3H3,(H,23,24,25). The van der Waals surface area contributed by atoms with Crippen LogP contribution < -0.4 is 14.8 Å². The predicted octanol–water partition coefficient (Wildman–Crippen LogP) is 5.18. The predicted molar refractivity (Wildman–Crippen MR) is 113 cm³/mol. The van der Waals surface area contributed by atoms with E-state index in [2.05, 4.69) is 17.2 Å². The van der Waals surface area contributed by atoms with E-state index in [-0.39, 0.29) is 18.6 Å². The second-order valence-electron chi connectivity index (χ2n) is 6.57. The van der Waals surface area contributed by atoms with Crippen molar-refractivity contribution >= 4 is 22.4 Å². The summed E-state index contributed by atoms with van der Waals surface area (Å²) in [5, 5.41) is 5.25. The molecule has 6 heteroatoms. The van der Waals surface area contributed by atoms with Gasteiger partial charge >= 0.3 is 0 Å². The smallest absolute Gasteiger partial charge is 0.264 e. The van der Waals surface area contributed by atoms with Gasteiger partial charge in [0.1, 0.15) is 11.5 Å². The summed E-state index contributed by atoms with van der Waals surface area (Å²) in [5.41, 5.74) is 2.96. The lowest BCUT2D eigenvalue weighted by atomic mass is 10.2. The minimum absolute atomic E-state index is 0.0523. The van der Waals surface area contributed by atoms with E-state index >= 15 is 0 Å². The lowest BCUT2D eigenvalue weighted by Gasteiger charge is -2.09. The maximum absolute atomic E-state index is 12.1. The Bertz CT molecular complexity index is 920. The van der Waals surface area contributed by atoms with Crippen LogP contribution in [0.2, 0.25) is 0 Å². The number of nitrogens with zero attached hydrogens (tertiary/aromatic N) is 1. The second-order valence-corrected chi connectivity index (χ2v) is 7.42. The molecule has 0 spiro atoms. The van der Waals surface area contributed by atoms with E-state index in [0.717, 1.165) is 23.4 Å². The molecular weight excluding hydrogens is 372 g/mol. The summed E-state index contributed by atoms with van der Waals surface area (Å²) < 4.78 is 11.2. The van der Waals surface area contributed by atoms with Crippen molar-refractivity contribution in [3.05, 3.63) is 59.5 Å². The van der Waals surface area contributed by atoms with Gasteiger partial charge in [-0.3, -0.25) is 10.1 Å². The maximum Gasteiger partial charge on any atom is 0.264 e. The molecule has 1 aromatic heterocycles. The number of benzene rings is 2. The molecule has 0 aliphatic heterocycles. The van der Waals surface area contributed by atoms with E-state index in [4.69, 9.17) is 9.47 Å². The highest BCUT2D eigenvalue weighted by molar-refractivity contribution is 7.14. The Balaban J connectivity index is 1.55. The number of aryl methyl sites for hydroxylation is 1. The first-order valence-corrected chi connectivity index (χ1v) is 10.2. The summed E-state index contributed by atoms with van der Waals surface area (Å²) in [4.78, 5) is 16.6. The highest BCUT2D eigenvalue weighted by atomic mass is 32.1. The topological polar surface area (TPSA) is 60.5 Å². The highest BCUT2D eigenvalue weighted by Gasteiger charge is 2.09. The van der Waals surface area contributed by atoms with Gasteiger partial charge in [0, 0.05) is 10.9 Å². The Labute approximate surface area is 169 Å². The molecule has 1 amide bonds. The molecule has 0 atom stereocenters. The molecule has 0 unspecified atom stereocenters. The Morgan fingerprint density at radius 2 is 1.93 bits per heavy atom. The van der Waals surface area contributed by atoms with Gasteiger partial charge in [0.25, 0.3) is 5.91 Å². The molecule has 3 aromatic rings. The molecule has 3 rings (SSSR count). The van der Waals surface area contributed by atoms with Gasteiger partial charge in [-0.05, 0) is 62.2 Å². The number of hydrogen-bond donors (Lipinski definition) is 1. The molecular formula is C22H24N2O3S. The van der Waals surface area contributed by atoms with Crippen molar-refractivity contribution in [2.24, 2.45) is 0 Å². The van der Waals surface area contributed by atoms with Crippen molar-refractivity contribution in [1.82, 2.24) is 4.98 Å². The van der Waals surface area contributed by atoms with Gasteiger partial charge in [-0.25, -0.2) is 4.98 Å². The summed E-state index contributed by atoms with van der Waals surface area (Å²) in [6.07, 6.45) is 1.06. The lowest BCUT2D eigenvalue weighted by molar-refractivity contribution is -0.118. The van der Waals surface area contributed by atoms with Crippen LogP contribution in [0, 0.1) is 0 Å². The number of carbonyl (C=O) groups excluding carboxylic acids is 1. The fraction of sp³-hybridized carbons (Fsp3) is 0.273. The number of hydrogen-bond acceptors (Lipinski definition) is 5. The van der Waals surface area contributed by atoms with E-state index < -0.39 is 0 Å². The molecule has 28 heavy (non-hydrogen) atoms. The van der Waals surface area contributed by atoms with Crippen molar-refractivity contribution in [3.8, 4) is 22.8 Å². The quantitative estimate of drug-likeness (QED) is 0.570. The number of ether oxygens (including phenoxy) is 2. The third-order valence-corrected chi connectivity index (χ3v) is 4.71. The molecule has 0 bridgehead atoms. The van der Waals surface area contributed by atoms with Crippen LogP contribution in [0.25, 0.3) is 11.3 Å². The van der Waals surface area contributed by atoms with E-state index in [1.54, 1.807) is 0 Å². The van der Waals surface area contributed by atoms with Crippen LogP contribution in [0.15, 0.2) is 53.9 Å². The number of anilines is 1. The second kappa shape index (κ2) is 9.37. The minimum Gasteiger partial charge on any atom is -0.491 e. The Morgan fingerprint density at radius 3 is 2.64 bits per heavy atom. The lowest BCUT2D eigenvalue weighted by Crippen LogP contribution is -2.20. The zero-order valence-corrected chi connectivity index (χ0v) is 17.1. The Hall–Kier alpha value is -2.86. The van der Waals surface area contributed by atoms with Crippen molar-refractivity contribution in [2.75, 3.05) is 11.9 Å². The molecule has 0 aliphatic rings. The number of thiazole rings is 1. The maximum atomic E-state index is 12.1. The largest absolute Gasteiger partial charge is 0.491 e. The first-order chi connectivity index (χ1) is 13.5. The number of nitrogens with one attached hydrogen (secondary N) is 1.